The lowest BCUT2D eigenvalue weighted by atomic mass is 9.82. The predicted octanol–water partition coefficient (Wildman–Crippen LogP) is 1.95. The van der Waals surface area contributed by atoms with Crippen LogP contribution in [-0.4, -0.2) is 34.5 Å². The normalized spacial score (nSPS) is 37.3. The lowest BCUT2D eigenvalue weighted by Gasteiger charge is -2.40. The zero-order valence-electron chi connectivity index (χ0n) is 9.48. The molecule has 1 aliphatic heterocycles. The Balaban J connectivity index is 2.16. The Morgan fingerprint density at radius 1 is 1.62 bits per heavy atom. The Morgan fingerprint density at radius 3 is 3.06 bits per heavy atom. The standard InChI is InChI=1S/C11H16INO3/c1-3-15-11(14)7-4-5-8-9(12)10(7)13-6(2)16-8/h7-10H,3-5H2,1-2H3. The summed E-state index contributed by atoms with van der Waals surface area (Å²) in [5.74, 6) is 0.514. The number of carbonyl (C=O) groups excluding carboxylic acids is 1. The van der Waals surface area contributed by atoms with Gasteiger partial charge in [-0.25, -0.2) is 0 Å². The second-order valence-electron chi connectivity index (χ2n) is 4.18. The molecule has 0 aromatic heterocycles. The van der Waals surface area contributed by atoms with Crippen LogP contribution < -0.4 is 0 Å². The Labute approximate surface area is 109 Å². The summed E-state index contributed by atoms with van der Waals surface area (Å²) in [5.41, 5.74) is 0. The number of fused-ring (bicyclic) bond motifs is 2. The number of hydrogen-bond acceptors (Lipinski definition) is 4. The molecule has 4 atom stereocenters. The summed E-state index contributed by atoms with van der Waals surface area (Å²) in [6.45, 7) is 4.14. The van der Waals surface area contributed by atoms with Crippen LogP contribution in [0.3, 0.4) is 0 Å². The first kappa shape index (κ1) is 12.1. The zero-order chi connectivity index (χ0) is 11.7. The largest absolute Gasteiger partial charge is 0.477 e. The summed E-state index contributed by atoms with van der Waals surface area (Å²) in [5, 5.41) is 0. The number of nitrogens with zero attached hydrogens (tertiary/aromatic N) is 1. The van der Waals surface area contributed by atoms with Crippen LogP contribution in [0.15, 0.2) is 4.99 Å². The number of carbonyl (C=O) groups is 1. The van der Waals surface area contributed by atoms with Crippen LogP contribution in [-0.2, 0) is 14.3 Å². The number of rotatable bonds is 2. The SMILES string of the molecule is CCOC(=O)C1CCC2OC(C)=NC1C2I. The van der Waals surface area contributed by atoms with Crippen molar-refractivity contribution in [1.82, 2.24) is 0 Å². The van der Waals surface area contributed by atoms with Gasteiger partial charge in [0.25, 0.3) is 0 Å². The van der Waals surface area contributed by atoms with Crippen LogP contribution in [0, 0.1) is 5.92 Å². The van der Waals surface area contributed by atoms with Gasteiger partial charge in [0.05, 0.1) is 22.5 Å². The van der Waals surface area contributed by atoms with Gasteiger partial charge in [0, 0.05) is 6.92 Å². The molecule has 0 aromatic rings. The van der Waals surface area contributed by atoms with Crippen molar-refractivity contribution >= 4 is 34.5 Å². The Hall–Kier alpha value is -0.330. The second-order valence-corrected chi connectivity index (χ2v) is 5.61. The summed E-state index contributed by atoms with van der Waals surface area (Å²) in [4.78, 5) is 16.3. The minimum Gasteiger partial charge on any atom is -0.477 e. The number of ether oxygens (including phenoxy) is 2. The summed E-state index contributed by atoms with van der Waals surface area (Å²) >= 11 is 2.34. The van der Waals surface area contributed by atoms with E-state index in [9.17, 15) is 4.79 Å². The van der Waals surface area contributed by atoms with E-state index in [-0.39, 0.29) is 28.0 Å². The van der Waals surface area contributed by atoms with Gasteiger partial charge in [-0.15, -0.1) is 0 Å². The van der Waals surface area contributed by atoms with E-state index < -0.39 is 0 Å². The monoisotopic (exact) mass is 337 g/mol. The van der Waals surface area contributed by atoms with Crippen molar-refractivity contribution in [3.05, 3.63) is 0 Å². The Morgan fingerprint density at radius 2 is 2.38 bits per heavy atom. The third kappa shape index (κ3) is 2.19. The van der Waals surface area contributed by atoms with E-state index in [1.807, 2.05) is 13.8 Å². The number of esters is 1. The summed E-state index contributed by atoms with van der Waals surface area (Å²) in [7, 11) is 0. The van der Waals surface area contributed by atoms with Crippen molar-refractivity contribution < 1.29 is 14.3 Å². The molecule has 16 heavy (non-hydrogen) atoms. The van der Waals surface area contributed by atoms with Crippen LogP contribution >= 0.6 is 22.6 Å². The van der Waals surface area contributed by atoms with Crippen LogP contribution in [0.5, 0.6) is 0 Å². The zero-order valence-corrected chi connectivity index (χ0v) is 11.6. The molecule has 0 saturated heterocycles. The van der Waals surface area contributed by atoms with Crippen molar-refractivity contribution in [2.75, 3.05) is 6.61 Å². The quantitative estimate of drug-likeness (QED) is 0.440. The maximum atomic E-state index is 11.8. The van der Waals surface area contributed by atoms with E-state index in [0.717, 1.165) is 12.8 Å². The second kappa shape index (κ2) is 4.89. The van der Waals surface area contributed by atoms with Gasteiger partial charge in [0.1, 0.15) is 6.10 Å². The molecule has 1 fully saturated rings. The van der Waals surface area contributed by atoms with E-state index in [1.165, 1.54) is 0 Å². The molecule has 4 nitrogen and oxygen atoms in total. The van der Waals surface area contributed by atoms with E-state index in [0.29, 0.717) is 12.5 Å². The minimum absolute atomic E-state index is 0.0344. The molecule has 5 heteroatoms. The number of halogens is 1. The van der Waals surface area contributed by atoms with Crippen molar-refractivity contribution in [3.8, 4) is 0 Å². The first-order valence-electron chi connectivity index (χ1n) is 5.65. The molecule has 2 bridgehead atoms. The minimum atomic E-state index is -0.105. The van der Waals surface area contributed by atoms with Gasteiger partial charge in [-0.05, 0) is 19.8 Å². The van der Waals surface area contributed by atoms with Crippen molar-refractivity contribution in [2.45, 2.75) is 42.8 Å². The first-order valence-corrected chi connectivity index (χ1v) is 6.89. The van der Waals surface area contributed by atoms with Gasteiger partial charge >= 0.3 is 5.97 Å². The van der Waals surface area contributed by atoms with Gasteiger partial charge in [-0.2, -0.15) is 0 Å². The molecule has 0 radical (unpaired) electrons. The van der Waals surface area contributed by atoms with Gasteiger partial charge in [-0.1, -0.05) is 22.6 Å². The molecule has 0 aromatic carbocycles. The lowest BCUT2D eigenvalue weighted by Crippen LogP contribution is -2.50. The Bertz CT molecular complexity index is 318. The average molecular weight is 337 g/mol. The maximum absolute atomic E-state index is 11.8. The van der Waals surface area contributed by atoms with Gasteiger partial charge in [-0.3, -0.25) is 9.79 Å². The van der Waals surface area contributed by atoms with Crippen molar-refractivity contribution in [2.24, 2.45) is 10.9 Å². The van der Waals surface area contributed by atoms with E-state index in [1.54, 1.807) is 0 Å². The predicted molar refractivity (Wildman–Crippen MR) is 68.9 cm³/mol. The molecule has 0 N–H and O–H groups in total. The number of hydrogen-bond donors (Lipinski definition) is 0. The van der Waals surface area contributed by atoms with E-state index >= 15 is 0 Å². The molecule has 90 valence electrons. The highest BCUT2D eigenvalue weighted by Gasteiger charge is 2.45. The highest BCUT2D eigenvalue weighted by Crippen LogP contribution is 2.37. The summed E-state index contributed by atoms with van der Waals surface area (Å²) in [6.07, 6.45) is 1.96. The first-order chi connectivity index (χ1) is 7.63. The Kier molecular flexibility index (Phi) is 3.71. The fourth-order valence-corrected chi connectivity index (χ4v) is 3.54. The molecular weight excluding hydrogens is 321 g/mol. The molecule has 0 amide bonds. The molecule has 1 aliphatic carbocycles. The summed E-state index contributed by atoms with van der Waals surface area (Å²) < 4.78 is 11.0. The molecule has 2 rings (SSSR count). The van der Waals surface area contributed by atoms with Gasteiger partial charge < -0.3 is 9.47 Å². The highest BCUT2D eigenvalue weighted by atomic mass is 127. The van der Waals surface area contributed by atoms with Crippen molar-refractivity contribution in [3.63, 3.8) is 0 Å². The topological polar surface area (TPSA) is 47.9 Å². The molecular formula is C11H16INO3. The van der Waals surface area contributed by atoms with Crippen LogP contribution in [0.25, 0.3) is 0 Å². The fraction of sp³-hybridized carbons (Fsp3) is 0.818. The third-order valence-electron chi connectivity index (χ3n) is 3.10. The third-order valence-corrected chi connectivity index (χ3v) is 4.64. The molecule has 0 spiro atoms. The molecule has 1 heterocycles. The molecule has 2 aliphatic rings. The number of alkyl halides is 1. The number of aliphatic imine (C=N–C) groups is 1. The molecule has 1 saturated carbocycles. The summed E-state index contributed by atoms with van der Waals surface area (Å²) in [6, 6.07) is 0.0344. The molecule has 4 unspecified atom stereocenters. The van der Waals surface area contributed by atoms with Crippen molar-refractivity contribution in [1.29, 1.82) is 0 Å². The lowest BCUT2D eigenvalue weighted by molar-refractivity contribution is -0.150. The van der Waals surface area contributed by atoms with Gasteiger partial charge in [0.15, 0.2) is 5.90 Å². The van der Waals surface area contributed by atoms with Crippen LogP contribution in [0.2, 0.25) is 0 Å². The van der Waals surface area contributed by atoms with E-state index in [2.05, 4.69) is 27.6 Å². The van der Waals surface area contributed by atoms with Crippen LogP contribution in [0.1, 0.15) is 26.7 Å². The van der Waals surface area contributed by atoms with E-state index in [4.69, 9.17) is 9.47 Å². The smallest absolute Gasteiger partial charge is 0.311 e. The highest BCUT2D eigenvalue weighted by molar-refractivity contribution is 14.1. The average Bonchev–Trinajstić information content (AvgIpc) is 2.21. The van der Waals surface area contributed by atoms with Gasteiger partial charge in [0.2, 0.25) is 0 Å². The van der Waals surface area contributed by atoms with Crippen LogP contribution in [0.4, 0.5) is 0 Å². The fourth-order valence-electron chi connectivity index (χ4n) is 2.37. The maximum Gasteiger partial charge on any atom is 0.311 e.